The minimum atomic E-state index is -1.07. The van der Waals surface area contributed by atoms with Crippen LogP contribution in [0, 0.1) is 0 Å². The number of fused-ring (bicyclic) bond motifs is 1. The van der Waals surface area contributed by atoms with Gasteiger partial charge in [-0.05, 0) is 18.6 Å². The van der Waals surface area contributed by atoms with Crippen LogP contribution in [0.2, 0.25) is 0 Å². The largest absolute Gasteiger partial charge is 0.478 e. The highest BCUT2D eigenvalue weighted by Gasteiger charge is 2.19. The van der Waals surface area contributed by atoms with Gasteiger partial charge in [0.05, 0.1) is 28.0 Å². The highest BCUT2D eigenvalue weighted by molar-refractivity contribution is 6.01. The molecule has 0 atom stereocenters. The van der Waals surface area contributed by atoms with Crippen LogP contribution in [0.4, 0.5) is 0 Å². The van der Waals surface area contributed by atoms with Gasteiger partial charge in [-0.3, -0.25) is 9.25 Å². The second-order valence-electron chi connectivity index (χ2n) is 4.76. The average molecular weight is 286 g/mol. The van der Waals surface area contributed by atoms with E-state index in [1.807, 2.05) is 6.92 Å². The summed E-state index contributed by atoms with van der Waals surface area (Å²) >= 11 is 0. The predicted molar refractivity (Wildman–Crippen MR) is 77.0 cm³/mol. The highest BCUT2D eigenvalue weighted by Crippen LogP contribution is 2.21. The van der Waals surface area contributed by atoms with Crippen molar-refractivity contribution in [2.45, 2.75) is 13.3 Å². The number of imidazole rings is 1. The lowest BCUT2D eigenvalue weighted by Crippen LogP contribution is -2.16. The second kappa shape index (κ2) is 4.62. The van der Waals surface area contributed by atoms with Crippen LogP contribution < -0.4 is 5.69 Å². The van der Waals surface area contributed by atoms with Crippen LogP contribution in [0.3, 0.4) is 0 Å². The first-order valence-electron chi connectivity index (χ1n) is 6.53. The van der Waals surface area contributed by atoms with E-state index in [4.69, 9.17) is 0 Å². The summed E-state index contributed by atoms with van der Waals surface area (Å²) < 4.78 is 2.99. The van der Waals surface area contributed by atoms with Crippen molar-refractivity contribution in [3.05, 3.63) is 46.1 Å². The van der Waals surface area contributed by atoms with Crippen molar-refractivity contribution in [2.75, 3.05) is 0 Å². The van der Waals surface area contributed by atoms with Crippen molar-refractivity contribution in [1.82, 2.24) is 19.3 Å². The Hall–Kier alpha value is -2.83. The molecule has 0 bridgehead atoms. The molecule has 0 amide bonds. The number of rotatable bonds is 3. The summed E-state index contributed by atoms with van der Waals surface area (Å²) in [6, 6.07) is 4.77. The molecule has 0 fully saturated rings. The third-order valence-electron chi connectivity index (χ3n) is 3.39. The van der Waals surface area contributed by atoms with Gasteiger partial charge in [0.2, 0.25) is 0 Å². The summed E-state index contributed by atoms with van der Waals surface area (Å²) in [7, 11) is 1.76. The molecule has 0 aliphatic heterocycles. The second-order valence-corrected chi connectivity index (χ2v) is 4.76. The number of aromatic amines is 1. The Morgan fingerprint density at radius 1 is 1.43 bits per heavy atom. The summed E-state index contributed by atoms with van der Waals surface area (Å²) in [5.74, 6) is -1.07. The molecule has 2 aromatic heterocycles. The number of nitrogens with zero attached hydrogens (tertiary/aromatic N) is 3. The lowest BCUT2D eigenvalue weighted by Gasteiger charge is -2.04. The van der Waals surface area contributed by atoms with E-state index in [1.165, 1.54) is 10.6 Å². The number of carboxylic acid groups (broad SMARTS) is 1. The van der Waals surface area contributed by atoms with E-state index in [0.29, 0.717) is 23.1 Å². The van der Waals surface area contributed by atoms with Crippen molar-refractivity contribution in [1.29, 1.82) is 0 Å². The van der Waals surface area contributed by atoms with E-state index in [-0.39, 0.29) is 11.3 Å². The van der Waals surface area contributed by atoms with E-state index in [0.717, 1.165) is 5.69 Å². The number of nitrogens with one attached hydrogen (secondary N) is 1. The van der Waals surface area contributed by atoms with Crippen molar-refractivity contribution >= 4 is 17.0 Å². The molecule has 0 spiro atoms. The molecule has 0 unspecified atom stereocenters. The molecule has 0 aliphatic rings. The number of benzene rings is 1. The number of H-pyrrole nitrogens is 1. The molecule has 0 radical (unpaired) electrons. The molecule has 0 saturated heterocycles. The Morgan fingerprint density at radius 3 is 2.86 bits per heavy atom. The fourth-order valence-corrected chi connectivity index (χ4v) is 2.52. The number of aromatic carboxylic acids is 1. The topological polar surface area (TPSA) is 92.9 Å². The van der Waals surface area contributed by atoms with Crippen LogP contribution in [-0.4, -0.2) is 30.4 Å². The Labute approximate surface area is 119 Å². The fraction of sp³-hybridized carbons (Fsp3) is 0.214. The molecule has 1 aromatic carbocycles. The summed E-state index contributed by atoms with van der Waals surface area (Å²) in [5, 5.41) is 13.6. The van der Waals surface area contributed by atoms with Crippen LogP contribution in [0.1, 0.15) is 23.0 Å². The Morgan fingerprint density at radius 2 is 2.19 bits per heavy atom. The van der Waals surface area contributed by atoms with Crippen LogP contribution >= 0.6 is 0 Å². The van der Waals surface area contributed by atoms with E-state index in [1.54, 1.807) is 30.1 Å². The fourth-order valence-electron chi connectivity index (χ4n) is 2.52. The third kappa shape index (κ3) is 1.94. The maximum atomic E-state index is 12.3. The number of carboxylic acids is 1. The molecule has 2 N–H and O–H groups in total. The number of aryl methyl sites for hydroxylation is 2. The summed E-state index contributed by atoms with van der Waals surface area (Å²) in [6.45, 7) is 1.93. The summed E-state index contributed by atoms with van der Waals surface area (Å²) in [4.78, 5) is 26.4. The zero-order valence-electron chi connectivity index (χ0n) is 11.6. The van der Waals surface area contributed by atoms with Crippen LogP contribution in [-0.2, 0) is 13.5 Å². The monoisotopic (exact) mass is 286 g/mol. The Bertz CT molecular complexity index is 901. The lowest BCUT2D eigenvalue weighted by atomic mass is 10.1. The molecule has 3 rings (SSSR count). The first-order chi connectivity index (χ1) is 10.0. The molecule has 7 heteroatoms. The number of para-hydroxylation sites is 1. The lowest BCUT2D eigenvalue weighted by molar-refractivity contribution is 0.0698. The van der Waals surface area contributed by atoms with E-state index >= 15 is 0 Å². The third-order valence-corrected chi connectivity index (χ3v) is 3.39. The van der Waals surface area contributed by atoms with Gasteiger partial charge < -0.3 is 10.1 Å². The number of hydrogen-bond donors (Lipinski definition) is 2. The van der Waals surface area contributed by atoms with Crippen molar-refractivity contribution in [2.24, 2.45) is 7.05 Å². The normalized spacial score (nSPS) is 11.1. The van der Waals surface area contributed by atoms with Gasteiger partial charge in [0.15, 0.2) is 0 Å². The Balaban J connectivity index is 2.44. The molecule has 2 heterocycles. The molecule has 7 nitrogen and oxygen atoms in total. The zero-order chi connectivity index (χ0) is 15.1. The van der Waals surface area contributed by atoms with Gasteiger partial charge in [-0.1, -0.05) is 13.0 Å². The van der Waals surface area contributed by atoms with Gasteiger partial charge >= 0.3 is 11.7 Å². The molecule has 0 aliphatic carbocycles. The standard InChI is InChI=1S/C14H14N4O3/c1-3-9-11(7-17(2)16-9)18-12-8(13(19)20)5-4-6-10(12)15-14(18)21/h4-7H,3H2,1-2H3,(H,15,21)(H,19,20). The molecule has 3 aromatic rings. The molecule has 21 heavy (non-hydrogen) atoms. The molecular formula is C14H14N4O3. The van der Waals surface area contributed by atoms with Crippen molar-refractivity contribution in [3.8, 4) is 5.69 Å². The van der Waals surface area contributed by atoms with Crippen LogP contribution in [0.25, 0.3) is 16.7 Å². The minimum Gasteiger partial charge on any atom is -0.478 e. The summed E-state index contributed by atoms with van der Waals surface area (Å²) in [5.41, 5.74) is 1.90. The zero-order valence-corrected chi connectivity index (χ0v) is 11.6. The van der Waals surface area contributed by atoms with E-state index in [9.17, 15) is 14.7 Å². The Kier molecular flexibility index (Phi) is 2.90. The highest BCUT2D eigenvalue weighted by atomic mass is 16.4. The van der Waals surface area contributed by atoms with Gasteiger partial charge in [0.1, 0.15) is 0 Å². The van der Waals surface area contributed by atoms with Gasteiger partial charge in [0, 0.05) is 13.2 Å². The van der Waals surface area contributed by atoms with Gasteiger partial charge in [0.25, 0.3) is 0 Å². The van der Waals surface area contributed by atoms with Crippen molar-refractivity contribution in [3.63, 3.8) is 0 Å². The van der Waals surface area contributed by atoms with Crippen LogP contribution in [0.15, 0.2) is 29.2 Å². The number of aromatic nitrogens is 4. The summed E-state index contributed by atoms with van der Waals surface area (Å²) in [6.07, 6.45) is 2.36. The van der Waals surface area contributed by atoms with Crippen molar-refractivity contribution < 1.29 is 9.90 Å². The maximum absolute atomic E-state index is 12.3. The number of carbonyl (C=O) groups is 1. The quantitative estimate of drug-likeness (QED) is 0.759. The van der Waals surface area contributed by atoms with E-state index in [2.05, 4.69) is 10.1 Å². The van der Waals surface area contributed by atoms with Crippen LogP contribution in [0.5, 0.6) is 0 Å². The maximum Gasteiger partial charge on any atom is 0.337 e. The smallest absolute Gasteiger partial charge is 0.337 e. The average Bonchev–Trinajstić information content (AvgIpc) is 2.96. The first kappa shape index (κ1) is 13.2. The number of hydrogen-bond acceptors (Lipinski definition) is 3. The first-order valence-corrected chi connectivity index (χ1v) is 6.53. The van der Waals surface area contributed by atoms with E-state index < -0.39 is 5.97 Å². The molecule has 0 saturated carbocycles. The SMILES string of the molecule is CCc1nn(C)cc1-n1c(=O)[nH]c2cccc(C(=O)O)c21. The minimum absolute atomic E-state index is 0.0803. The van der Waals surface area contributed by atoms with Gasteiger partial charge in [-0.15, -0.1) is 0 Å². The predicted octanol–water partition coefficient (Wildman–Crippen LogP) is 1.31. The van der Waals surface area contributed by atoms with Gasteiger partial charge in [-0.2, -0.15) is 5.10 Å². The van der Waals surface area contributed by atoms with Gasteiger partial charge in [-0.25, -0.2) is 9.59 Å². The molecule has 108 valence electrons. The molecular weight excluding hydrogens is 272 g/mol.